The number of hydrogen-bond acceptors (Lipinski definition) is 3. The van der Waals surface area contributed by atoms with E-state index < -0.39 is 0 Å². The lowest BCUT2D eigenvalue weighted by Crippen LogP contribution is -2.64. The molecule has 0 bridgehead atoms. The van der Waals surface area contributed by atoms with Crippen molar-refractivity contribution >= 4 is 68.6 Å². The molecular weight excluding hydrogens is 798 g/mol. The molecule has 0 amide bonds. The molecule has 4 heteroatoms. The van der Waals surface area contributed by atoms with Crippen LogP contribution in [0.3, 0.4) is 0 Å². The molecule has 0 spiro atoms. The van der Waals surface area contributed by atoms with Gasteiger partial charge in [0, 0.05) is 45.2 Å². The maximum absolute atomic E-state index is 2.88. The zero-order chi connectivity index (χ0) is 45.1. The largest absolute Gasteiger partial charge is 0.335 e. The molecule has 0 aromatic heterocycles. The summed E-state index contributed by atoms with van der Waals surface area (Å²) in [4.78, 5) is 7.97. The Hall–Kier alpha value is -6.78. The first-order chi connectivity index (χ1) is 31.9. The van der Waals surface area contributed by atoms with Gasteiger partial charge in [0.25, 0.3) is 6.71 Å². The molecule has 3 heterocycles. The molecule has 0 radical (unpaired) electrons. The van der Waals surface area contributed by atoms with E-state index in [-0.39, 0.29) is 23.1 Å². The molecule has 8 aromatic carbocycles. The zero-order valence-electron chi connectivity index (χ0n) is 39.5. The van der Waals surface area contributed by atoms with Crippen LogP contribution in [0.1, 0.15) is 82.6 Å². The fraction of sp³-hybridized carbons (Fsp3) is 0.226. The summed E-state index contributed by atoms with van der Waals surface area (Å²) >= 11 is 0. The van der Waals surface area contributed by atoms with Crippen LogP contribution in [-0.4, -0.2) is 12.3 Å². The number of anilines is 8. The number of benzene rings is 8. The quantitative estimate of drug-likeness (QED) is 0.154. The van der Waals surface area contributed by atoms with E-state index in [2.05, 4.69) is 239 Å². The van der Waals surface area contributed by atoms with Crippen molar-refractivity contribution < 1.29 is 0 Å². The van der Waals surface area contributed by atoms with Gasteiger partial charge in [-0.15, -0.1) is 0 Å². The minimum Gasteiger partial charge on any atom is -0.335 e. The van der Waals surface area contributed by atoms with Gasteiger partial charge < -0.3 is 14.7 Å². The third kappa shape index (κ3) is 6.10. The summed E-state index contributed by atoms with van der Waals surface area (Å²) in [6.07, 6.45) is 4.80. The standard InChI is InChI=1S/C62H58BN3/c1-41-20-27-48(28-21-41)64(49-29-22-42(2)23-30-49)51-39-56-58-57(40-51)66-59-52(61(6)34-14-15-35-62(61,66)7)37-47(60(3,4)5)38-54(59)63(58)53-36-46(44-18-12-9-13-19-44)26-33-55(53)65(56)50-31-24-45(25-32-50)43-16-10-8-11-17-43/h8-13,16-33,36-40H,14-15,34-35H2,1-7H3. The van der Waals surface area contributed by atoms with Gasteiger partial charge in [-0.1, -0.05) is 173 Å². The molecule has 3 aliphatic heterocycles. The summed E-state index contributed by atoms with van der Waals surface area (Å²) in [5.74, 6) is 0. The molecule has 0 N–H and O–H groups in total. The highest BCUT2D eigenvalue weighted by molar-refractivity contribution is 7.00. The van der Waals surface area contributed by atoms with Gasteiger partial charge in [-0.3, -0.25) is 0 Å². The predicted molar refractivity (Wildman–Crippen MR) is 282 cm³/mol. The van der Waals surface area contributed by atoms with Crippen LogP contribution in [-0.2, 0) is 10.8 Å². The Morgan fingerprint density at radius 1 is 0.515 bits per heavy atom. The molecule has 8 aromatic rings. The Labute approximate surface area is 392 Å². The number of hydrogen-bond donors (Lipinski definition) is 0. The van der Waals surface area contributed by atoms with Crippen molar-refractivity contribution in [3.63, 3.8) is 0 Å². The monoisotopic (exact) mass is 855 g/mol. The van der Waals surface area contributed by atoms with Crippen LogP contribution in [0.15, 0.2) is 176 Å². The van der Waals surface area contributed by atoms with Gasteiger partial charge in [0.1, 0.15) is 0 Å². The lowest BCUT2D eigenvalue weighted by atomic mass is 9.33. The van der Waals surface area contributed by atoms with Crippen LogP contribution in [0.4, 0.5) is 45.5 Å². The highest BCUT2D eigenvalue weighted by atomic mass is 15.3. The van der Waals surface area contributed by atoms with Gasteiger partial charge in [0.05, 0.1) is 11.2 Å². The Kier molecular flexibility index (Phi) is 9.17. The summed E-state index contributed by atoms with van der Waals surface area (Å²) in [6.45, 7) is 16.8. The van der Waals surface area contributed by atoms with E-state index in [0.717, 1.165) is 29.2 Å². The van der Waals surface area contributed by atoms with E-state index in [1.54, 1.807) is 5.56 Å². The second-order valence-electron chi connectivity index (χ2n) is 21.1. The molecule has 66 heavy (non-hydrogen) atoms. The average molecular weight is 856 g/mol. The Bertz CT molecular complexity index is 3120. The van der Waals surface area contributed by atoms with Crippen molar-refractivity contribution in [3.8, 4) is 22.3 Å². The van der Waals surface area contributed by atoms with Crippen molar-refractivity contribution in [3.05, 3.63) is 198 Å². The van der Waals surface area contributed by atoms with Crippen LogP contribution in [0.25, 0.3) is 22.3 Å². The summed E-state index contributed by atoms with van der Waals surface area (Å²) in [6, 6.07) is 66.8. The van der Waals surface area contributed by atoms with Gasteiger partial charge >= 0.3 is 0 Å². The maximum Gasteiger partial charge on any atom is 0.252 e. The number of nitrogens with zero attached hydrogens (tertiary/aromatic N) is 3. The van der Waals surface area contributed by atoms with Gasteiger partial charge in [0.15, 0.2) is 0 Å². The molecule has 324 valence electrons. The molecule has 0 saturated heterocycles. The lowest BCUT2D eigenvalue weighted by molar-refractivity contribution is 0.195. The number of fused-ring (bicyclic) bond motifs is 7. The van der Waals surface area contributed by atoms with Crippen molar-refractivity contribution in [2.75, 3.05) is 14.7 Å². The molecule has 1 fully saturated rings. The fourth-order valence-electron chi connectivity index (χ4n) is 12.2. The normalized spacial score (nSPS) is 18.9. The third-order valence-corrected chi connectivity index (χ3v) is 16.1. The second kappa shape index (κ2) is 14.9. The SMILES string of the molecule is Cc1ccc(N(c2ccc(C)cc2)c2cc3c4c(c2)N2c5c(cc(C(C)(C)C)cc5C5(C)CCCCC25C)B4c2cc(-c4ccccc4)ccc2N3c2ccc(-c3ccccc3)cc2)cc1. The van der Waals surface area contributed by atoms with Crippen LogP contribution in [0.2, 0.25) is 0 Å². The molecule has 3 nitrogen and oxygen atoms in total. The predicted octanol–water partition coefficient (Wildman–Crippen LogP) is 14.8. The van der Waals surface area contributed by atoms with Crippen molar-refractivity contribution in [1.82, 2.24) is 0 Å². The number of aryl methyl sites for hydroxylation is 2. The van der Waals surface area contributed by atoms with E-state index >= 15 is 0 Å². The minimum atomic E-state index is -0.122. The van der Waals surface area contributed by atoms with E-state index in [1.807, 2.05) is 0 Å². The van der Waals surface area contributed by atoms with Crippen LogP contribution < -0.4 is 31.1 Å². The first-order valence-corrected chi connectivity index (χ1v) is 24.2. The number of rotatable bonds is 6. The second-order valence-corrected chi connectivity index (χ2v) is 21.1. The van der Waals surface area contributed by atoms with Gasteiger partial charge in [-0.25, -0.2) is 0 Å². The van der Waals surface area contributed by atoms with E-state index in [0.29, 0.717) is 0 Å². The molecule has 12 rings (SSSR count). The fourth-order valence-corrected chi connectivity index (χ4v) is 12.2. The summed E-state index contributed by atoms with van der Waals surface area (Å²) < 4.78 is 0. The van der Waals surface area contributed by atoms with Crippen molar-refractivity contribution in [2.24, 2.45) is 0 Å². The average Bonchev–Trinajstić information content (AvgIpc) is 3.55. The van der Waals surface area contributed by atoms with Gasteiger partial charge in [0.2, 0.25) is 0 Å². The smallest absolute Gasteiger partial charge is 0.252 e. The van der Waals surface area contributed by atoms with Crippen LogP contribution >= 0.6 is 0 Å². The molecule has 2 unspecified atom stereocenters. The van der Waals surface area contributed by atoms with E-state index in [1.165, 1.54) is 97.3 Å². The molecule has 4 aliphatic rings. The van der Waals surface area contributed by atoms with E-state index in [9.17, 15) is 0 Å². The Balaban J connectivity index is 1.20. The first kappa shape index (κ1) is 40.7. The van der Waals surface area contributed by atoms with Crippen molar-refractivity contribution in [2.45, 2.75) is 90.5 Å². The van der Waals surface area contributed by atoms with Crippen LogP contribution in [0.5, 0.6) is 0 Å². The summed E-state index contributed by atoms with van der Waals surface area (Å²) in [7, 11) is 0. The third-order valence-electron chi connectivity index (χ3n) is 16.1. The first-order valence-electron chi connectivity index (χ1n) is 24.2. The highest BCUT2D eigenvalue weighted by Crippen LogP contribution is 2.62. The van der Waals surface area contributed by atoms with Gasteiger partial charge in [-0.2, -0.15) is 0 Å². The molecular formula is C62H58BN3. The molecule has 1 aliphatic carbocycles. The molecule has 2 atom stereocenters. The van der Waals surface area contributed by atoms with Crippen LogP contribution in [0, 0.1) is 13.8 Å². The zero-order valence-corrected chi connectivity index (χ0v) is 39.5. The molecule has 1 saturated carbocycles. The summed E-state index contributed by atoms with van der Waals surface area (Å²) in [5, 5.41) is 0. The topological polar surface area (TPSA) is 9.72 Å². The summed E-state index contributed by atoms with van der Waals surface area (Å²) in [5.41, 5.74) is 24.3. The Morgan fingerprint density at radius 2 is 1.08 bits per heavy atom. The van der Waals surface area contributed by atoms with E-state index in [4.69, 9.17) is 0 Å². The van der Waals surface area contributed by atoms with Crippen molar-refractivity contribution in [1.29, 1.82) is 0 Å². The lowest BCUT2D eigenvalue weighted by Gasteiger charge is -2.53. The Morgan fingerprint density at radius 3 is 1.70 bits per heavy atom. The maximum atomic E-state index is 2.88. The minimum absolute atomic E-state index is 0.0220. The highest BCUT2D eigenvalue weighted by Gasteiger charge is 2.61. The van der Waals surface area contributed by atoms with Gasteiger partial charge in [-0.05, 0) is 143 Å².